The van der Waals surface area contributed by atoms with Crippen LogP contribution in [-0.4, -0.2) is 17.8 Å². The molecule has 0 saturated heterocycles. The molecule has 0 aromatic heterocycles. The lowest BCUT2D eigenvalue weighted by Crippen LogP contribution is -2.14. The fourth-order valence-electron chi connectivity index (χ4n) is 2.47. The topological polar surface area (TPSA) is 58.6 Å². The molecule has 3 rings (SSSR count). The third-order valence-corrected chi connectivity index (χ3v) is 4.11. The summed E-state index contributed by atoms with van der Waals surface area (Å²) in [6.07, 6.45) is 1.57. The number of hydrogen-bond donors (Lipinski definition) is 2. The summed E-state index contributed by atoms with van der Waals surface area (Å²) in [5.41, 5.74) is 2.71. The van der Waals surface area contributed by atoms with Gasteiger partial charge < -0.3 is 9.84 Å². The molecule has 2 aromatic carbocycles. The second-order valence-corrected chi connectivity index (χ2v) is 5.70. The molecule has 4 nitrogen and oxygen atoms in total. The first kappa shape index (κ1) is 14.6. The van der Waals surface area contributed by atoms with E-state index in [9.17, 15) is 9.90 Å². The van der Waals surface area contributed by atoms with Crippen LogP contribution in [0, 0.1) is 0 Å². The van der Waals surface area contributed by atoms with Crippen molar-refractivity contribution in [3.8, 4) is 0 Å². The second-order valence-electron chi connectivity index (χ2n) is 5.70. The van der Waals surface area contributed by atoms with Gasteiger partial charge in [0.2, 0.25) is 0 Å². The maximum absolute atomic E-state index is 11.8. The maximum Gasteiger partial charge on any atom is 0.411 e. The molecule has 4 heteroatoms. The minimum absolute atomic E-state index is 0.0493. The van der Waals surface area contributed by atoms with Crippen LogP contribution in [0.1, 0.15) is 24.0 Å². The number of nitrogens with one attached hydrogen (secondary N) is 1. The molecule has 2 aromatic rings. The van der Waals surface area contributed by atoms with Crippen LogP contribution in [-0.2, 0) is 16.8 Å². The molecule has 1 saturated carbocycles. The Labute approximate surface area is 129 Å². The van der Waals surface area contributed by atoms with Gasteiger partial charge in [-0.25, -0.2) is 4.79 Å². The predicted molar refractivity (Wildman–Crippen MR) is 84.7 cm³/mol. The number of amides is 1. The summed E-state index contributed by atoms with van der Waals surface area (Å²) in [6.45, 7) is 0.428. The largest absolute Gasteiger partial charge is 0.444 e. The van der Waals surface area contributed by atoms with Crippen molar-refractivity contribution in [3.05, 3.63) is 65.7 Å². The summed E-state index contributed by atoms with van der Waals surface area (Å²) < 4.78 is 5.17. The summed E-state index contributed by atoms with van der Waals surface area (Å²) in [7, 11) is 0. The Hall–Kier alpha value is -2.33. The zero-order valence-electron chi connectivity index (χ0n) is 12.3. The highest BCUT2D eigenvalue weighted by Crippen LogP contribution is 2.47. The van der Waals surface area contributed by atoms with E-state index in [4.69, 9.17) is 4.74 Å². The van der Waals surface area contributed by atoms with Gasteiger partial charge >= 0.3 is 6.09 Å². The lowest BCUT2D eigenvalue weighted by Gasteiger charge is -2.13. The molecule has 0 spiro atoms. The van der Waals surface area contributed by atoms with Gasteiger partial charge in [0.15, 0.2) is 0 Å². The van der Waals surface area contributed by atoms with Crippen LogP contribution in [0.15, 0.2) is 54.6 Å². The molecule has 2 N–H and O–H groups in total. The Bertz CT molecular complexity index is 633. The van der Waals surface area contributed by atoms with Crippen molar-refractivity contribution in [2.45, 2.75) is 24.9 Å². The molecule has 0 heterocycles. The molecule has 1 aliphatic carbocycles. The van der Waals surface area contributed by atoms with E-state index in [-0.39, 0.29) is 18.6 Å². The monoisotopic (exact) mass is 297 g/mol. The molecule has 0 radical (unpaired) electrons. The van der Waals surface area contributed by atoms with Gasteiger partial charge in [0.25, 0.3) is 0 Å². The van der Waals surface area contributed by atoms with Gasteiger partial charge in [-0.3, -0.25) is 5.32 Å². The van der Waals surface area contributed by atoms with Gasteiger partial charge in [-0.1, -0.05) is 42.5 Å². The first-order chi connectivity index (χ1) is 10.7. The first-order valence-corrected chi connectivity index (χ1v) is 7.41. The minimum atomic E-state index is -0.472. The number of ether oxygens (including phenoxy) is 1. The van der Waals surface area contributed by atoms with Crippen molar-refractivity contribution in [3.63, 3.8) is 0 Å². The Morgan fingerprint density at radius 2 is 1.77 bits per heavy atom. The van der Waals surface area contributed by atoms with E-state index < -0.39 is 6.09 Å². The van der Waals surface area contributed by atoms with Crippen LogP contribution >= 0.6 is 0 Å². The smallest absolute Gasteiger partial charge is 0.411 e. The summed E-state index contributed by atoms with van der Waals surface area (Å²) in [4.78, 5) is 11.8. The molecule has 0 aliphatic heterocycles. The number of aliphatic hydroxyl groups excluding tert-OH is 1. The molecule has 0 bridgehead atoms. The van der Waals surface area contributed by atoms with E-state index in [0.29, 0.717) is 5.69 Å². The van der Waals surface area contributed by atoms with Crippen LogP contribution < -0.4 is 5.32 Å². The van der Waals surface area contributed by atoms with Crippen molar-refractivity contribution in [1.82, 2.24) is 0 Å². The van der Waals surface area contributed by atoms with E-state index in [1.165, 1.54) is 0 Å². The zero-order chi connectivity index (χ0) is 15.4. The van der Waals surface area contributed by atoms with Crippen LogP contribution in [0.4, 0.5) is 10.5 Å². The van der Waals surface area contributed by atoms with E-state index in [1.807, 2.05) is 54.6 Å². The highest BCUT2D eigenvalue weighted by Gasteiger charge is 2.43. The fourth-order valence-corrected chi connectivity index (χ4v) is 2.47. The van der Waals surface area contributed by atoms with Crippen LogP contribution in [0.2, 0.25) is 0 Å². The van der Waals surface area contributed by atoms with Gasteiger partial charge in [-0.15, -0.1) is 0 Å². The van der Waals surface area contributed by atoms with E-state index in [2.05, 4.69) is 5.32 Å². The third-order valence-electron chi connectivity index (χ3n) is 4.11. The third kappa shape index (κ3) is 3.28. The molecule has 0 atom stereocenters. The SMILES string of the molecule is O=C(Nc1ccc(C2(CO)CC2)cc1)OCc1ccccc1. The number of anilines is 1. The number of carbonyl (C=O) groups is 1. The molecular weight excluding hydrogens is 278 g/mol. The van der Waals surface area contributed by atoms with Crippen molar-refractivity contribution in [1.29, 1.82) is 0 Å². The minimum Gasteiger partial charge on any atom is -0.444 e. The normalized spacial score (nSPS) is 15.1. The van der Waals surface area contributed by atoms with Gasteiger partial charge in [0, 0.05) is 11.1 Å². The average Bonchev–Trinajstić information content (AvgIpc) is 3.36. The fraction of sp³-hybridized carbons (Fsp3) is 0.278. The molecular formula is C18H19NO3. The predicted octanol–water partition coefficient (Wildman–Crippen LogP) is 3.46. The van der Waals surface area contributed by atoms with Crippen LogP contribution in [0.25, 0.3) is 0 Å². The van der Waals surface area contributed by atoms with Gasteiger partial charge in [0.05, 0.1) is 6.61 Å². The Morgan fingerprint density at radius 1 is 1.09 bits per heavy atom. The molecule has 22 heavy (non-hydrogen) atoms. The van der Waals surface area contributed by atoms with Gasteiger partial charge in [-0.2, -0.15) is 0 Å². The van der Waals surface area contributed by atoms with E-state index >= 15 is 0 Å². The standard InChI is InChI=1S/C18H19NO3/c20-13-18(10-11-18)15-6-8-16(9-7-15)19-17(21)22-12-14-4-2-1-3-5-14/h1-9,20H,10-13H2,(H,19,21). The number of aliphatic hydroxyl groups is 1. The molecule has 1 amide bonds. The number of carbonyl (C=O) groups excluding carboxylic acids is 1. The maximum atomic E-state index is 11.8. The molecule has 114 valence electrons. The van der Waals surface area contributed by atoms with Crippen molar-refractivity contribution in [2.24, 2.45) is 0 Å². The second kappa shape index (κ2) is 6.20. The molecule has 1 aliphatic rings. The average molecular weight is 297 g/mol. The molecule has 0 unspecified atom stereocenters. The number of benzene rings is 2. The summed E-state index contributed by atoms with van der Waals surface area (Å²) in [6, 6.07) is 17.1. The Kier molecular flexibility index (Phi) is 4.11. The quantitative estimate of drug-likeness (QED) is 0.888. The van der Waals surface area contributed by atoms with Crippen LogP contribution in [0.5, 0.6) is 0 Å². The van der Waals surface area contributed by atoms with Crippen molar-refractivity contribution in [2.75, 3.05) is 11.9 Å². The van der Waals surface area contributed by atoms with Crippen LogP contribution in [0.3, 0.4) is 0 Å². The Balaban J connectivity index is 1.53. The number of rotatable bonds is 5. The lowest BCUT2D eigenvalue weighted by atomic mass is 9.97. The summed E-state index contributed by atoms with van der Waals surface area (Å²) in [5.74, 6) is 0. The zero-order valence-corrected chi connectivity index (χ0v) is 12.3. The number of hydrogen-bond acceptors (Lipinski definition) is 3. The summed E-state index contributed by atoms with van der Waals surface area (Å²) in [5, 5.41) is 12.1. The summed E-state index contributed by atoms with van der Waals surface area (Å²) >= 11 is 0. The molecule has 1 fully saturated rings. The highest BCUT2D eigenvalue weighted by molar-refractivity contribution is 5.84. The van der Waals surface area contributed by atoms with Crippen molar-refractivity contribution >= 4 is 11.8 Å². The Morgan fingerprint density at radius 3 is 2.36 bits per heavy atom. The van der Waals surface area contributed by atoms with Gasteiger partial charge in [0.1, 0.15) is 6.61 Å². The lowest BCUT2D eigenvalue weighted by molar-refractivity contribution is 0.155. The highest BCUT2D eigenvalue weighted by atomic mass is 16.5. The van der Waals surface area contributed by atoms with Gasteiger partial charge in [-0.05, 0) is 36.1 Å². The first-order valence-electron chi connectivity index (χ1n) is 7.41. The van der Waals surface area contributed by atoms with E-state index in [0.717, 1.165) is 24.0 Å². The van der Waals surface area contributed by atoms with Crippen molar-refractivity contribution < 1.29 is 14.6 Å². The van der Waals surface area contributed by atoms with E-state index in [1.54, 1.807) is 0 Å².